The number of nitrogens with two attached hydrogens (primary N) is 1. The van der Waals surface area contributed by atoms with Gasteiger partial charge in [0.25, 0.3) is 0 Å². The molecule has 1 rings (SSSR count). The summed E-state index contributed by atoms with van der Waals surface area (Å²) in [7, 11) is 0. The Hall–Kier alpha value is -0.940. The molecule has 0 spiro atoms. The highest BCUT2D eigenvalue weighted by Gasteiger charge is 2.23. The molecule has 0 aliphatic heterocycles. The van der Waals surface area contributed by atoms with Gasteiger partial charge in [-0.1, -0.05) is 13.8 Å². The fraction of sp³-hybridized carbons (Fsp3) is 0.818. The molecule has 0 fully saturated rings. The number of hydrogen-bond acceptors (Lipinski definition) is 4. The van der Waals surface area contributed by atoms with Crippen LogP contribution >= 0.6 is 0 Å². The van der Waals surface area contributed by atoms with Crippen LogP contribution in [0, 0.1) is 5.92 Å². The Morgan fingerprint density at radius 1 is 1.56 bits per heavy atom. The van der Waals surface area contributed by atoms with E-state index in [0.717, 1.165) is 12.4 Å². The monoisotopic (exact) mass is 226 g/mol. The van der Waals surface area contributed by atoms with E-state index in [-0.39, 0.29) is 0 Å². The highest BCUT2D eigenvalue weighted by molar-refractivity contribution is 4.93. The maximum absolute atomic E-state index is 10.1. The van der Waals surface area contributed by atoms with Crippen molar-refractivity contribution in [1.29, 1.82) is 0 Å². The molecule has 5 heteroatoms. The second kappa shape index (κ2) is 5.41. The topological polar surface area (TPSA) is 77.0 Å². The zero-order chi connectivity index (χ0) is 12.2. The molecule has 1 aromatic rings. The second-order valence-electron chi connectivity index (χ2n) is 4.96. The Labute approximate surface area is 96.7 Å². The summed E-state index contributed by atoms with van der Waals surface area (Å²) in [5.41, 5.74) is 4.66. The molecule has 5 nitrogen and oxygen atoms in total. The lowest BCUT2D eigenvalue weighted by Crippen LogP contribution is -2.32. The third-order valence-electron chi connectivity index (χ3n) is 2.46. The Bertz CT molecular complexity index is 320. The molecule has 0 saturated carbocycles. The highest BCUT2D eigenvalue weighted by atomic mass is 16.3. The first-order valence-electron chi connectivity index (χ1n) is 5.74. The maximum atomic E-state index is 10.1. The predicted molar refractivity (Wildman–Crippen MR) is 62.9 cm³/mol. The van der Waals surface area contributed by atoms with Crippen molar-refractivity contribution < 1.29 is 5.11 Å². The number of nitrogens with zero attached hydrogens (tertiary/aromatic N) is 3. The molecule has 0 amide bonds. The van der Waals surface area contributed by atoms with Crippen molar-refractivity contribution in [3.8, 4) is 0 Å². The SMILES string of the molecule is CC(C)Cn1ncnc1CC(C)(O)CCN. The smallest absolute Gasteiger partial charge is 0.138 e. The highest BCUT2D eigenvalue weighted by Crippen LogP contribution is 2.15. The summed E-state index contributed by atoms with van der Waals surface area (Å²) in [5.74, 6) is 1.34. The van der Waals surface area contributed by atoms with E-state index in [9.17, 15) is 5.11 Å². The van der Waals surface area contributed by atoms with Crippen LogP contribution < -0.4 is 5.73 Å². The fourth-order valence-electron chi connectivity index (χ4n) is 1.66. The Morgan fingerprint density at radius 2 is 2.25 bits per heavy atom. The van der Waals surface area contributed by atoms with E-state index in [4.69, 9.17) is 5.73 Å². The van der Waals surface area contributed by atoms with E-state index in [1.807, 2.05) is 4.68 Å². The van der Waals surface area contributed by atoms with Gasteiger partial charge in [-0.2, -0.15) is 5.10 Å². The van der Waals surface area contributed by atoms with Crippen molar-refractivity contribution in [3.63, 3.8) is 0 Å². The molecular weight excluding hydrogens is 204 g/mol. The minimum Gasteiger partial charge on any atom is -0.390 e. The molecule has 92 valence electrons. The molecule has 16 heavy (non-hydrogen) atoms. The molecule has 3 N–H and O–H groups in total. The number of hydrogen-bond donors (Lipinski definition) is 2. The molecule has 0 aliphatic rings. The Morgan fingerprint density at radius 3 is 2.81 bits per heavy atom. The van der Waals surface area contributed by atoms with Gasteiger partial charge in [0.2, 0.25) is 0 Å². The van der Waals surface area contributed by atoms with Crippen LogP contribution in [0.2, 0.25) is 0 Å². The van der Waals surface area contributed by atoms with E-state index >= 15 is 0 Å². The van der Waals surface area contributed by atoms with E-state index in [1.165, 1.54) is 6.33 Å². The molecular formula is C11H22N4O. The standard InChI is InChI=1S/C11H22N4O/c1-9(2)7-15-10(13-8-14-15)6-11(3,16)4-5-12/h8-9,16H,4-7,12H2,1-3H3. The lowest BCUT2D eigenvalue weighted by Gasteiger charge is -2.22. The summed E-state index contributed by atoms with van der Waals surface area (Å²) >= 11 is 0. The van der Waals surface area contributed by atoms with Crippen LogP contribution in [0.25, 0.3) is 0 Å². The zero-order valence-electron chi connectivity index (χ0n) is 10.3. The molecule has 0 aromatic carbocycles. The minimum atomic E-state index is -0.795. The average molecular weight is 226 g/mol. The Balaban J connectivity index is 2.69. The Kier molecular flexibility index (Phi) is 4.44. The fourth-order valence-corrected chi connectivity index (χ4v) is 1.66. The van der Waals surface area contributed by atoms with Crippen molar-refractivity contribution >= 4 is 0 Å². The number of aliphatic hydroxyl groups is 1. The molecule has 1 atom stereocenters. The van der Waals surface area contributed by atoms with Crippen LogP contribution in [0.3, 0.4) is 0 Å². The largest absolute Gasteiger partial charge is 0.390 e. The van der Waals surface area contributed by atoms with Gasteiger partial charge in [-0.25, -0.2) is 9.67 Å². The first-order chi connectivity index (χ1) is 7.44. The van der Waals surface area contributed by atoms with Crippen LogP contribution in [-0.4, -0.2) is 32.0 Å². The van der Waals surface area contributed by atoms with Crippen LogP contribution in [0.5, 0.6) is 0 Å². The lowest BCUT2D eigenvalue weighted by atomic mass is 9.98. The first kappa shape index (κ1) is 13.1. The number of rotatable bonds is 6. The van der Waals surface area contributed by atoms with E-state index < -0.39 is 5.60 Å². The maximum Gasteiger partial charge on any atom is 0.138 e. The van der Waals surface area contributed by atoms with Gasteiger partial charge in [0.1, 0.15) is 12.2 Å². The van der Waals surface area contributed by atoms with Gasteiger partial charge in [0.15, 0.2) is 0 Å². The predicted octanol–water partition coefficient (Wildman–Crippen LogP) is 0.576. The van der Waals surface area contributed by atoms with E-state index in [2.05, 4.69) is 23.9 Å². The summed E-state index contributed by atoms with van der Waals surface area (Å²) in [6.45, 7) is 7.35. The molecule has 0 saturated heterocycles. The first-order valence-corrected chi connectivity index (χ1v) is 5.74. The van der Waals surface area contributed by atoms with Crippen molar-refractivity contribution in [1.82, 2.24) is 14.8 Å². The second-order valence-corrected chi connectivity index (χ2v) is 4.96. The van der Waals surface area contributed by atoms with Gasteiger partial charge in [-0.05, 0) is 25.8 Å². The van der Waals surface area contributed by atoms with Crippen LogP contribution in [-0.2, 0) is 13.0 Å². The van der Waals surface area contributed by atoms with Crippen molar-refractivity contribution in [2.45, 2.75) is 45.8 Å². The van der Waals surface area contributed by atoms with Gasteiger partial charge < -0.3 is 10.8 Å². The van der Waals surface area contributed by atoms with Crippen LogP contribution in [0.4, 0.5) is 0 Å². The average Bonchev–Trinajstić information content (AvgIpc) is 2.50. The zero-order valence-corrected chi connectivity index (χ0v) is 10.3. The van der Waals surface area contributed by atoms with Gasteiger partial charge >= 0.3 is 0 Å². The van der Waals surface area contributed by atoms with Crippen molar-refractivity contribution in [2.75, 3.05) is 6.54 Å². The molecule has 1 aromatic heterocycles. The minimum absolute atomic E-state index is 0.477. The van der Waals surface area contributed by atoms with E-state index in [1.54, 1.807) is 6.92 Å². The third kappa shape index (κ3) is 3.90. The van der Waals surface area contributed by atoms with Gasteiger partial charge in [0.05, 0.1) is 5.60 Å². The van der Waals surface area contributed by atoms with Crippen molar-refractivity contribution in [2.24, 2.45) is 11.7 Å². The summed E-state index contributed by atoms with van der Waals surface area (Å²) in [4.78, 5) is 4.19. The summed E-state index contributed by atoms with van der Waals surface area (Å²) < 4.78 is 1.86. The molecule has 1 heterocycles. The van der Waals surface area contributed by atoms with Gasteiger partial charge in [0, 0.05) is 13.0 Å². The molecule has 0 aliphatic carbocycles. The van der Waals surface area contributed by atoms with Crippen LogP contribution in [0.1, 0.15) is 33.0 Å². The summed E-state index contributed by atoms with van der Waals surface area (Å²) in [6.07, 6.45) is 2.61. The quantitative estimate of drug-likeness (QED) is 0.743. The number of aromatic nitrogens is 3. The molecule has 1 unspecified atom stereocenters. The normalized spacial score (nSPS) is 15.4. The van der Waals surface area contributed by atoms with E-state index in [0.29, 0.717) is 25.3 Å². The van der Waals surface area contributed by atoms with Crippen molar-refractivity contribution in [3.05, 3.63) is 12.2 Å². The van der Waals surface area contributed by atoms with Gasteiger partial charge in [-0.3, -0.25) is 0 Å². The summed E-state index contributed by atoms with van der Waals surface area (Å²) in [6, 6.07) is 0. The van der Waals surface area contributed by atoms with Gasteiger partial charge in [-0.15, -0.1) is 0 Å². The molecule has 0 radical (unpaired) electrons. The van der Waals surface area contributed by atoms with Crippen LogP contribution in [0.15, 0.2) is 6.33 Å². The third-order valence-corrected chi connectivity index (χ3v) is 2.46. The summed E-state index contributed by atoms with van der Waals surface area (Å²) in [5, 5.41) is 14.2. The lowest BCUT2D eigenvalue weighted by molar-refractivity contribution is 0.0505. The molecule has 0 bridgehead atoms.